The van der Waals surface area contributed by atoms with Gasteiger partial charge >= 0.3 is 0 Å². The Labute approximate surface area is 66.6 Å². The highest BCUT2D eigenvalue weighted by molar-refractivity contribution is 5.48. The maximum absolute atomic E-state index is 10.3. The molecule has 1 fully saturated rings. The van der Waals surface area contributed by atoms with Gasteiger partial charge in [-0.05, 0) is 18.8 Å². The Bertz CT molecular complexity index is 185. The number of nitrogens with zero attached hydrogens (tertiary/aromatic N) is 2. The van der Waals surface area contributed by atoms with Crippen LogP contribution in [0, 0.1) is 17.2 Å². The van der Waals surface area contributed by atoms with E-state index in [1.54, 1.807) is 11.9 Å². The maximum Gasteiger partial charge on any atom is 0.209 e. The summed E-state index contributed by atoms with van der Waals surface area (Å²) in [5.74, 6) is 0.588. The van der Waals surface area contributed by atoms with E-state index >= 15 is 0 Å². The van der Waals surface area contributed by atoms with Crippen molar-refractivity contribution in [1.29, 1.82) is 5.26 Å². The van der Waals surface area contributed by atoms with Crippen LogP contribution in [0.1, 0.15) is 19.3 Å². The second-order valence-electron chi connectivity index (χ2n) is 3.03. The average Bonchev–Trinajstić information content (AvgIpc) is 2.78. The van der Waals surface area contributed by atoms with Crippen molar-refractivity contribution >= 4 is 6.41 Å². The molecule has 1 rings (SSSR count). The van der Waals surface area contributed by atoms with Crippen molar-refractivity contribution in [3.8, 4) is 6.07 Å². The van der Waals surface area contributed by atoms with Gasteiger partial charge in [0, 0.05) is 19.5 Å². The second-order valence-corrected chi connectivity index (χ2v) is 3.03. The first-order chi connectivity index (χ1) is 5.29. The number of hydrogen-bond donors (Lipinski definition) is 0. The van der Waals surface area contributed by atoms with Crippen LogP contribution in [0.25, 0.3) is 0 Å². The molecule has 0 saturated heterocycles. The van der Waals surface area contributed by atoms with Gasteiger partial charge in [-0.3, -0.25) is 4.79 Å². The van der Waals surface area contributed by atoms with Crippen LogP contribution in [-0.4, -0.2) is 24.4 Å². The molecule has 0 aromatic carbocycles. The summed E-state index contributed by atoms with van der Waals surface area (Å²) in [6.45, 7) is 0. The number of nitriles is 1. The molecule has 1 amide bonds. The van der Waals surface area contributed by atoms with Gasteiger partial charge in [0.2, 0.25) is 6.41 Å². The first-order valence-electron chi connectivity index (χ1n) is 3.83. The first kappa shape index (κ1) is 8.06. The Morgan fingerprint density at radius 1 is 1.82 bits per heavy atom. The van der Waals surface area contributed by atoms with Crippen LogP contribution in [0.3, 0.4) is 0 Å². The summed E-state index contributed by atoms with van der Waals surface area (Å²) < 4.78 is 0. The van der Waals surface area contributed by atoms with Gasteiger partial charge in [-0.1, -0.05) is 0 Å². The fourth-order valence-electron chi connectivity index (χ4n) is 1.37. The van der Waals surface area contributed by atoms with Crippen molar-refractivity contribution in [2.24, 2.45) is 5.92 Å². The molecule has 0 heterocycles. The van der Waals surface area contributed by atoms with E-state index < -0.39 is 0 Å². The van der Waals surface area contributed by atoms with Crippen molar-refractivity contribution in [2.45, 2.75) is 25.3 Å². The molecule has 11 heavy (non-hydrogen) atoms. The molecule has 2 unspecified atom stereocenters. The van der Waals surface area contributed by atoms with Gasteiger partial charge in [0.25, 0.3) is 0 Å². The molecule has 2 atom stereocenters. The molecule has 1 aliphatic rings. The first-order valence-corrected chi connectivity index (χ1v) is 3.83. The van der Waals surface area contributed by atoms with Crippen LogP contribution < -0.4 is 0 Å². The predicted octanol–water partition coefficient (Wildman–Crippen LogP) is 0.767. The van der Waals surface area contributed by atoms with Crippen molar-refractivity contribution in [3.05, 3.63) is 0 Å². The summed E-state index contributed by atoms with van der Waals surface area (Å²) in [7, 11) is 1.80. The largest absolute Gasteiger partial charge is 0.345 e. The van der Waals surface area contributed by atoms with Gasteiger partial charge in [0.1, 0.15) is 0 Å². The lowest BCUT2D eigenvalue weighted by atomic mass is 10.2. The standard InChI is InChI=1S/C8H12N2O/c1-10(6-11)8-5-7(8)3-2-4-9/h6-8H,2-3,5H2,1H3. The Kier molecular flexibility index (Phi) is 2.48. The van der Waals surface area contributed by atoms with Crippen molar-refractivity contribution in [3.63, 3.8) is 0 Å². The number of rotatable bonds is 4. The highest BCUT2D eigenvalue weighted by atomic mass is 16.1. The zero-order valence-corrected chi connectivity index (χ0v) is 6.66. The SMILES string of the molecule is CN(C=O)C1CC1CCC#N. The quantitative estimate of drug-likeness (QED) is 0.558. The molecule has 1 aliphatic carbocycles. The molecule has 0 radical (unpaired) electrons. The zero-order valence-electron chi connectivity index (χ0n) is 6.66. The summed E-state index contributed by atoms with van der Waals surface area (Å²) in [5.41, 5.74) is 0. The molecule has 60 valence electrons. The zero-order chi connectivity index (χ0) is 8.27. The van der Waals surface area contributed by atoms with Gasteiger partial charge in [-0.2, -0.15) is 5.26 Å². The molecule has 0 N–H and O–H groups in total. The Morgan fingerprint density at radius 3 is 3.09 bits per heavy atom. The van der Waals surface area contributed by atoms with E-state index in [4.69, 9.17) is 5.26 Å². The monoisotopic (exact) mass is 152 g/mol. The van der Waals surface area contributed by atoms with Gasteiger partial charge in [-0.15, -0.1) is 0 Å². The lowest BCUT2D eigenvalue weighted by Gasteiger charge is -2.08. The minimum absolute atomic E-state index is 0.417. The number of carbonyl (C=O) groups is 1. The van der Waals surface area contributed by atoms with Crippen molar-refractivity contribution in [2.75, 3.05) is 7.05 Å². The maximum atomic E-state index is 10.3. The summed E-state index contributed by atoms with van der Waals surface area (Å²) >= 11 is 0. The smallest absolute Gasteiger partial charge is 0.209 e. The summed E-state index contributed by atoms with van der Waals surface area (Å²) in [4.78, 5) is 12.0. The molecule has 3 heteroatoms. The van der Waals surface area contributed by atoms with Crippen LogP contribution in [0.5, 0.6) is 0 Å². The Balaban J connectivity index is 2.16. The van der Waals surface area contributed by atoms with Gasteiger partial charge in [-0.25, -0.2) is 0 Å². The fourth-order valence-corrected chi connectivity index (χ4v) is 1.37. The molecule has 0 aromatic heterocycles. The Hall–Kier alpha value is -1.04. The molecule has 1 saturated carbocycles. The third kappa shape index (κ3) is 1.94. The van der Waals surface area contributed by atoms with Gasteiger partial charge in [0.15, 0.2) is 0 Å². The normalized spacial score (nSPS) is 27.3. The van der Waals surface area contributed by atoms with Gasteiger partial charge in [0.05, 0.1) is 6.07 Å². The molecule has 0 bridgehead atoms. The topological polar surface area (TPSA) is 44.1 Å². The van der Waals surface area contributed by atoms with Crippen LogP contribution in [-0.2, 0) is 4.79 Å². The van der Waals surface area contributed by atoms with Gasteiger partial charge < -0.3 is 4.90 Å². The molecule has 0 aliphatic heterocycles. The molecule has 0 spiro atoms. The van der Waals surface area contributed by atoms with E-state index in [1.165, 1.54) is 0 Å². The lowest BCUT2D eigenvalue weighted by Crippen LogP contribution is -2.19. The summed E-state index contributed by atoms with van der Waals surface area (Å²) in [5, 5.41) is 8.29. The Morgan fingerprint density at radius 2 is 2.55 bits per heavy atom. The van der Waals surface area contributed by atoms with E-state index in [0.717, 1.165) is 19.3 Å². The average molecular weight is 152 g/mol. The predicted molar refractivity (Wildman–Crippen MR) is 40.6 cm³/mol. The lowest BCUT2D eigenvalue weighted by molar-refractivity contribution is -0.117. The number of hydrogen-bond acceptors (Lipinski definition) is 2. The number of amides is 1. The molecular formula is C8H12N2O. The minimum Gasteiger partial charge on any atom is -0.345 e. The highest BCUT2D eigenvalue weighted by Gasteiger charge is 2.39. The van der Waals surface area contributed by atoms with Crippen LogP contribution in [0.15, 0.2) is 0 Å². The van der Waals surface area contributed by atoms with E-state index in [0.29, 0.717) is 18.4 Å². The van der Waals surface area contributed by atoms with E-state index in [2.05, 4.69) is 6.07 Å². The van der Waals surface area contributed by atoms with Crippen LogP contribution in [0.4, 0.5) is 0 Å². The molecule has 3 nitrogen and oxygen atoms in total. The third-order valence-electron chi connectivity index (χ3n) is 2.20. The van der Waals surface area contributed by atoms with E-state index in [-0.39, 0.29) is 0 Å². The van der Waals surface area contributed by atoms with Crippen molar-refractivity contribution < 1.29 is 4.79 Å². The fraction of sp³-hybridized carbons (Fsp3) is 0.750. The number of carbonyl (C=O) groups excluding carboxylic acids is 1. The van der Waals surface area contributed by atoms with Crippen LogP contribution in [0.2, 0.25) is 0 Å². The summed E-state index contributed by atoms with van der Waals surface area (Å²) in [6.07, 6.45) is 3.50. The van der Waals surface area contributed by atoms with Crippen LogP contribution >= 0.6 is 0 Å². The minimum atomic E-state index is 0.417. The molecular weight excluding hydrogens is 140 g/mol. The van der Waals surface area contributed by atoms with E-state index in [9.17, 15) is 4.79 Å². The molecule has 0 aromatic rings. The second kappa shape index (κ2) is 3.38. The third-order valence-corrected chi connectivity index (χ3v) is 2.20. The highest BCUT2D eigenvalue weighted by Crippen LogP contribution is 2.37. The van der Waals surface area contributed by atoms with E-state index in [1.807, 2.05) is 0 Å². The van der Waals surface area contributed by atoms with Crippen molar-refractivity contribution in [1.82, 2.24) is 4.90 Å². The summed E-state index contributed by atoms with van der Waals surface area (Å²) in [6, 6.07) is 2.53.